The quantitative estimate of drug-likeness (QED) is 0.538. The van der Waals surface area contributed by atoms with Gasteiger partial charge in [0.05, 0.1) is 23.8 Å². The molecule has 0 aliphatic heterocycles. The minimum atomic E-state index is 0.731. The zero-order chi connectivity index (χ0) is 16.4. The molecule has 0 amide bonds. The molecule has 1 N–H and O–H groups in total. The third-order valence-electron chi connectivity index (χ3n) is 4.19. The molecule has 3 heteroatoms. The highest BCUT2D eigenvalue weighted by Crippen LogP contribution is 2.31. The van der Waals surface area contributed by atoms with Crippen LogP contribution in [0, 0.1) is 0 Å². The third kappa shape index (κ3) is 2.65. The first kappa shape index (κ1) is 14.5. The Labute approximate surface area is 140 Å². The molecule has 0 bridgehead atoms. The van der Waals surface area contributed by atoms with Gasteiger partial charge in [-0.25, -0.2) is 4.98 Å². The number of rotatable bonds is 4. The molecule has 0 unspecified atom stereocenters. The van der Waals surface area contributed by atoms with Crippen molar-refractivity contribution in [2.24, 2.45) is 0 Å². The molecule has 118 valence electrons. The minimum Gasteiger partial charge on any atom is -0.497 e. The fourth-order valence-corrected chi connectivity index (χ4v) is 3.00. The molecular weight excluding hydrogens is 296 g/mol. The van der Waals surface area contributed by atoms with Gasteiger partial charge in [-0.2, -0.15) is 0 Å². The molecular formula is C21H18N2O. The van der Waals surface area contributed by atoms with Gasteiger partial charge in [-0.15, -0.1) is 0 Å². The van der Waals surface area contributed by atoms with Gasteiger partial charge in [0.25, 0.3) is 0 Å². The number of nitrogens with zero attached hydrogens (tertiary/aromatic N) is 1. The molecule has 4 rings (SSSR count). The first-order valence-electron chi connectivity index (χ1n) is 7.99. The average Bonchev–Trinajstić information content (AvgIpc) is 2.65. The number of fused-ring (bicyclic) bond motifs is 2. The zero-order valence-electron chi connectivity index (χ0n) is 13.5. The molecule has 0 spiro atoms. The molecule has 0 aliphatic rings. The summed E-state index contributed by atoms with van der Waals surface area (Å²) in [4.78, 5) is 4.76. The molecule has 3 nitrogen and oxygen atoms in total. The van der Waals surface area contributed by atoms with Crippen LogP contribution in [-0.4, -0.2) is 12.1 Å². The Balaban J connectivity index is 1.78. The van der Waals surface area contributed by atoms with Crippen LogP contribution < -0.4 is 10.1 Å². The second-order valence-electron chi connectivity index (χ2n) is 5.73. The number of aromatic nitrogens is 1. The van der Waals surface area contributed by atoms with Crippen molar-refractivity contribution >= 4 is 27.5 Å². The molecule has 4 aromatic rings. The van der Waals surface area contributed by atoms with Crippen molar-refractivity contribution in [2.45, 2.75) is 6.54 Å². The van der Waals surface area contributed by atoms with Crippen molar-refractivity contribution in [1.82, 2.24) is 4.98 Å². The van der Waals surface area contributed by atoms with E-state index in [0.717, 1.165) is 39.8 Å². The molecule has 3 aromatic carbocycles. The van der Waals surface area contributed by atoms with E-state index in [1.165, 1.54) is 5.56 Å². The van der Waals surface area contributed by atoms with Gasteiger partial charge in [0.2, 0.25) is 0 Å². The maximum absolute atomic E-state index is 5.31. The van der Waals surface area contributed by atoms with E-state index in [1.54, 1.807) is 7.11 Å². The van der Waals surface area contributed by atoms with E-state index in [9.17, 15) is 0 Å². The fourth-order valence-electron chi connectivity index (χ4n) is 3.00. The smallest absolute Gasteiger partial charge is 0.119 e. The van der Waals surface area contributed by atoms with E-state index in [0.29, 0.717) is 0 Å². The van der Waals surface area contributed by atoms with Crippen molar-refractivity contribution in [3.63, 3.8) is 0 Å². The van der Waals surface area contributed by atoms with Crippen LogP contribution in [0.15, 0.2) is 72.8 Å². The summed E-state index contributed by atoms with van der Waals surface area (Å²) in [6.45, 7) is 0.731. The molecule has 0 radical (unpaired) electrons. The van der Waals surface area contributed by atoms with Crippen LogP contribution in [-0.2, 0) is 6.54 Å². The number of hydrogen-bond acceptors (Lipinski definition) is 3. The summed E-state index contributed by atoms with van der Waals surface area (Å²) in [5.74, 6) is 0.874. The summed E-state index contributed by atoms with van der Waals surface area (Å²) in [5, 5.41) is 5.88. The highest BCUT2D eigenvalue weighted by atomic mass is 16.5. The van der Waals surface area contributed by atoms with Gasteiger partial charge in [-0.05, 0) is 29.8 Å². The predicted octanol–water partition coefficient (Wildman–Crippen LogP) is 5.01. The summed E-state index contributed by atoms with van der Waals surface area (Å²) >= 11 is 0. The van der Waals surface area contributed by atoms with Crippen LogP contribution in [0.1, 0.15) is 5.56 Å². The van der Waals surface area contributed by atoms with Crippen LogP contribution in [0.3, 0.4) is 0 Å². The van der Waals surface area contributed by atoms with E-state index in [4.69, 9.17) is 9.72 Å². The number of methoxy groups -OCH3 is 1. The fraction of sp³-hybridized carbons (Fsp3) is 0.0952. The second-order valence-corrected chi connectivity index (χ2v) is 5.73. The Hall–Kier alpha value is -3.07. The van der Waals surface area contributed by atoms with E-state index < -0.39 is 0 Å². The SMILES string of the molecule is COc1cccc(CNc2c3ccccc3nc3ccccc23)c1. The molecule has 1 aromatic heterocycles. The summed E-state index contributed by atoms with van der Waals surface area (Å²) < 4.78 is 5.31. The predicted molar refractivity (Wildman–Crippen MR) is 99.6 cm³/mol. The van der Waals surface area contributed by atoms with Crippen molar-refractivity contribution in [2.75, 3.05) is 12.4 Å². The summed E-state index contributed by atoms with van der Waals surface area (Å²) in [5.41, 5.74) is 4.31. The third-order valence-corrected chi connectivity index (χ3v) is 4.19. The Morgan fingerprint density at radius 1 is 0.833 bits per heavy atom. The maximum Gasteiger partial charge on any atom is 0.119 e. The lowest BCUT2D eigenvalue weighted by Crippen LogP contribution is -2.02. The highest BCUT2D eigenvalue weighted by molar-refractivity contribution is 6.07. The number of ether oxygens (including phenoxy) is 1. The number of para-hydroxylation sites is 2. The standard InChI is InChI=1S/C21H18N2O/c1-24-16-8-6-7-15(13-16)14-22-21-17-9-2-4-11-19(17)23-20-12-5-3-10-18(20)21/h2-13H,14H2,1H3,(H,22,23). The van der Waals surface area contributed by atoms with Crippen LogP contribution in [0.4, 0.5) is 5.69 Å². The molecule has 0 saturated carbocycles. The molecule has 0 fully saturated rings. The van der Waals surface area contributed by atoms with Gasteiger partial charge in [0.15, 0.2) is 0 Å². The summed E-state index contributed by atoms with van der Waals surface area (Å²) in [7, 11) is 1.69. The highest BCUT2D eigenvalue weighted by Gasteiger charge is 2.08. The Morgan fingerprint density at radius 3 is 2.17 bits per heavy atom. The largest absolute Gasteiger partial charge is 0.497 e. The maximum atomic E-state index is 5.31. The van der Waals surface area contributed by atoms with E-state index in [2.05, 4.69) is 53.8 Å². The van der Waals surface area contributed by atoms with Gasteiger partial charge in [-0.3, -0.25) is 0 Å². The first-order chi connectivity index (χ1) is 11.8. The molecule has 0 atom stereocenters. The monoisotopic (exact) mass is 314 g/mol. The van der Waals surface area contributed by atoms with Crippen molar-refractivity contribution in [1.29, 1.82) is 0 Å². The van der Waals surface area contributed by atoms with Gasteiger partial charge in [0.1, 0.15) is 5.75 Å². The van der Waals surface area contributed by atoms with Gasteiger partial charge < -0.3 is 10.1 Å². The number of benzene rings is 3. The van der Waals surface area contributed by atoms with E-state index >= 15 is 0 Å². The van der Waals surface area contributed by atoms with Crippen LogP contribution in [0.5, 0.6) is 5.75 Å². The lowest BCUT2D eigenvalue weighted by molar-refractivity contribution is 0.414. The van der Waals surface area contributed by atoms with Crippen molar-refractivity contribution in [3.8, 4) is 5.75 Å². The van der Waals surface area contributed by atoms with Gasteiger partial charge in [0, 0.05) is 17.3 Å². The average molecular weight is 314 g/mol. The van der Waals surface area contributed by atoms with Gasteiger partial charge >= 0.3 is 0 Å². The molecule has 1 heterocycles. The topological polar surface area (TPSA) is 34.1 Å². The number of pyridine rings is 1. The number of anilines is 1. The van der Waals surface area contributed by atoms with Crippen molar-refractivity contribution < 1.29 is 4.74 Å². The number of hydrogen-bond donors (Lipinski definition) is 1. The van der Waals surface area contributed by atoms with Crippen LogP contribution in [0.25, 0.3) is 21.8 Å². The Morgan fingerprint density at radius 2 is 1.50 bits per heavy atom. The Bertz CT molecular complexity index is 957. The van der Waals surface area contributed by atoms with Gasteiger partial charge in [-0.1, -0.05) is 48.5 Å². The summed E-state index contributed by atoms with van der Waals surface area (Å²) in [6.07, 6.45) is 0. The minimum absolute atomic E-state index is 0.731. The Kier molecular flexibility index (Phi) is 3.75. The second kappa shape index (κ2) is 6.20. The molecule has 0 saturated heterocycles. The normalized spacial score (nSPS) is 10.9. The molecule has 0 aliphatic carbocycles. The molecule has 24 heavy (non-hydrogen) atoms. The first-order valence-corrected chi connectivity index (χ1v) is 7.99. The number of nitrogens with one attached hydrogen (secondary N) is 1. The van der Waals surface area contributed by atoms with Crippen LogP contribution in [0.2, 0.25) is 0 Å². The van der Waals surface area contributed by atoms with E-state index in [1.807, 2.05) is 24.3 Å². The zero-order valence-corrected chi connectivity index (χ0v) is 13.5. The summed E-state index contributed by atoms with van der Waals surface area (Å²) in [6, 6.07) is 24.6. The van der Waals surface area contributed by atoms with E-state index in [-0.39, 0.29) is 0 Å². The lowest BCUT2D eigenvalue weighted by Gasteiger charge is -2.13. The van der Waals surface area contributed by atoms with Crippen LogP contribution >= 0.6 is 0 Å². The van der Waals surface area contributed by atoms with Crippen molar-refractivity contribution in [3.05, 3.63) is 78.4 Å². The lowest BCUT2D eigenvalue weighted by atomic mass is 10.1.